The van der Waals surface area contributed by atoms with Gasteiger partial charge in [-0.05, 0) is 56.4 Å². The number of hydrogen-bond acceptors (Lipinski definition) is 5. The number of aromatic nitrogens is 3. The normalized spacial score (nSPS) is 21.4. The molecule has 2 unspecified atom stereocenters. The second-order valence-electron chi connectivity index (χ2n) is 7.96. The third-order valence-corrected chi connectivity index (χ3v) is 6.14. The lowest BCUT2D eigenvalue weighted by molar-refractivity contribution is 0.0570. The van der Waals surface area contributed by atoms with Crippen molar-refractivity contribution in [3.8, 4) is 17.3 Å². The predicted octanol–water partition coefficient (Wildman–Crippen LogP) is 3.72. The van der Waals surface area contributed by atoms with Crippen LogP contribution in [-0.2, 0) is 6.42 Å². The summed E-state index contributed by atoms with van der Waals surface area (Å²) >= 11 is 0. The molecule has 4 heterocycles. The van der Waals surface area contributed by atoms with Crippen LogP contribution in [0.5, 0.6) is 5.75 Å². The molecule has 1 aromatic carbocycles. The number of fused-ring (bicyclic) bond motifs is 2. The van der Waals surface area contributed by atoms with Crippen molar-refractivity contribution in [2.24, 2.45) is 0 Å². The van der Waals surface area contributed by atoms with E-state index in [1.54, 1.807) is 7.11 Å². The fraction of sp³-hybridized carbons (Fsp3) is 0.409. The minimum atomic E-state index is 0.0552. The van der Waals surface area contributed by atoms with Gasteiger partial charge in [0.25, 0.3) is 5.91 Å². The van der Waals surface area contributed by atoms with E-state index in [4.69, 9.17) is 9.26 Å². The number of methoxy groups -OCH3 is 1. The first kappa shape index (κ1) is 18.0. The second kappa shape index (κ2) is 7.06. The molecule has 1 amide bonds. The number of nitrogens with zero attached hydrogens (tertiary/aromatic N) is 3. The van der Waals surface area contributed by atoms with Crippen LogP contribution in [0, 0.1) is 6.92 Å². The third kappa shape index (κ3) is 3.10. The van der Waals surface area contributed by atoms with Crippen LogP contribution < -0.4 is 4.74 Å². The SMILES string of the molecule is COc1cccc2c1CCC1CCC(c3nc(-c4cc(C)c[nH]4)no3)CN1C2=O. The Labute approximate surface area is 169 Å². The number of hydrogen-bond donors (Lipinski definition) is 1. The van der Waals surface area contributed by atoms with E-state index in [9.17, 15) is 4.79 Å². The van der Waals surface area contributed by atoms with Gasteiger partial charge in [0.15, 0.2) is 0 Å². The molecule has 0 bridgehead atoms. The lowest BCUT2D eigenvalue weighted by Crippen LogP contribution is -2.45. The van der Waals surface area contributed by atoms with Crippen LogP contribution in [0.4, 0.5) is 0 Å². The van der Waals surface area contributed by atoms with E-state index < -0.39 is 0 Å². The molecular weight excluding hydrogens is 368 g/mol. The van der Waals surface area contributed by atoms with E-state index in [2.05, 4.69) is 15.1 Å². The summed E-state index contributed by atoms with van der Waals surface area (Å²) in [5.41, 5.74) is 3.74. The Morgan fingerprint density at radius 3 is 2.97 bits per heavy atom. The summed E-state index contributed by atoms with van der Waals surface area (Å²) in [6.07, 6.45) is 5.59. The molecule has 2 aromatic heterocycles. The van der Waals surface area contributed by atoms with Crippen LogP contribution in [0.3, 0.4) is 0 Å². The molecule has 150 valence electrons. The standard InChI is InChI=1S/C22H24N4O3/c1-13-10-18(23-11-13)20-24-21(29-25-20)14-6-7-15-8-9-16-17(22(27)26(15)12-14)4-3-5-19(16)28-2/h3-5,10-11,14-15,23H,6-9,12H2,1-2H3. The molecule has 0 saturated carbocycles. The zero-order chi connectivity index (χ0) is 20.0. The average molecular weight is 392 g/mol. The largest absolute Gasteiger partial charge is 0.496 e. The van der Waals surface area contributed by atoms with Gasteiger partial charge in [-0.25, -0.2) is 0 Å². The fourth-order valence-corrected chi connectivity index (χ4v) is 4.60. The topological polar surface area (TPSA) is 84.2 Å². The summed E-state index contributed by atoms with van der Waals surface area (Å²) in [7, 11) is 1.66. The highest BCUT2D eigenvalue weighted by Gasteiger charge is 2.38. The van der Waals surface area contributed by atoms with E-state index in [-0.39, 0.29) is 17.9 Å². The van der Waals surface area contributed by atoms with E-state index >= 15 is 0 Å². The molecule has 3 aromatic rings. The quantitative estimate of drug-likeness (QED) is 0.734. The molecule has 7 nitrogen and oxygen atoms in total. The van der Waals surface area contributed by atoms with Crippen molar-refractivity contribution < 1.29 is 14.1 Å². The fourth-order valence-electron chi connectivity index (χ4n) is 4.60. The first-order valence-corrected chi connectivity index (χ1v) is 10.1. The number of benzene rings is 1. The lowest BCUT2D eigenvalue weighted by Gasteiger charge is -2.37. The Kier molecular flexibility index (Phi) is 4.38. The molecule has 0 radical (unpaired) electrons. The van der Waals surface area contributed by atoms with E-state index in [0.29, 0.717) is 18.3 Å². The Morgan fingerprint density at radius 1 is 1.28 bits per heavy atom. The summed E-state index contributed by atoms with van der Waals surface area (Å²) < 4.78 is 11.1. The zero-order valence-corrected chi connectivity index (χ0v) is 16.6. The minimum Gasteiger partial charge on any atom is -0.496 e. The van der Waals surface area contributed by atoms with Gasteiger partial charge >= 0.3 is 0 Å². The Balaban J connectivity index is 1.41. The highest BCUT2D eigenvalue weighted by molar-refractivity contribution is 5.97. The van der Waals surface area contributed by atoms with Gasteiger partial charge < -0.3 is 19.1 Å². The third-order valence-electron chi connectivity index (χ3n) is 6.14. The number of carbonyl (C=O) groups excluding carboxylic acids is 1. The Bertz CT molecular complexity index is 1050. The van der Waals surface area contributed by atoms with E-state index in [0.717, 1.165) is 53.8 Å². The van der Waals surface area contributed by atoms with Crippen LogP contribution in [0.15, 0.2) is 35.0 Å². The van der Waals surface area contributed by atoms with Gasteiger partial charge in [0.05, 0.1) is 18.7 Å². The number of H-pyrrole nitrogens is 1. The molecule has 29 heavy (non-hydrogen) atoms. The van der Waals surface area contributed by atoms with E-state index in [1.165, 1.54) is 0 Å². The van der Waals surface area contributed by atoms with Gasteiger partial charge in [-0.15, -0.1) is 0 Å². The predicted molar refractivity (Wildman–Crippen MR) is 107 cm³/mol. The minimum absolute atomic E-state index is 0.0552. The number of aromatic amines is 1. The molecular formula is C22H24N4O3. The van der Waals surface area contributed by atoms with Crippen molar-refractivity contribution in [1.82, 2.24) is 20.0 Å². The van der Waals surface area contributed by atoms with Gasteiger partial charge in [0, 0.05) is 29.9 Å². The maximum atomic E-state index is 13.3. The maximum absolute atomic E-state index is 13.3. The monoisotopic (exact) mass is 392 g/mol. The Hall–Kier alpha value is -3.09. The number of amides is 1. The molecule has 1 N–H and O–H groups in total. The van der Waals surface area contributed by atoms with Crippen molar-refractivity contribution in [1.29, 1.82) is 0 Å². The van der Waals surface area contributed by atoms with Crippen LogP contribution in [0.2, 0.25) is 0 Å². The molecule has 2 aliphatic heterocycles. The summed E-state index contributed by atoms with van der Waals surface area (Å²) in [4.78, 5) is 23.1. The maximum Gasteiger partial charge on any atom is 0.254 e. The van der Waals surface area contributed by atoms with Crippen molar-refractivity contribution in [2.75, 3.05) is 13.7 Å². The zero-order valence-electron chi connectivity index (χ0n) is 16.6. The number of rotatable bonds is 3. The molecule has 7 heteroatoms. The van der Waals surface area contributed by atoms with Gasteiger partial charge in [0.2, 0.25) is 11.7 Å². The summed E-state index contributed by atoms with van der Waals surface area (Å²) in [6, 6.07) is 7.96. The number of piperidine rings is 1. The second-order valence-corrected chi connectivity index (χ2v) is 7.96. The molecule has 2 atom stereocenters. The van der Waals surface area contributed by atoms with Crippen LogP contribution in [0.1, 0.15) is 52.6 Å². The molecule has 1 fully saturated rings. The summed E-state index contributed by atoms with van der Waals surface area (Å²) in [5.74, 6) is 2.10. The lowest BCUT2D eigenvalue weighted by atomic mass is 9.90. The highest BCUT2D eigenvalue weighted by atomic mass is 16.5. The molecule has 1 saturated heterocycles. The van der Waals surface area contributed by atoms with Crippen molar-refractivity contribution in [3.63, 3.8) is 0 Å². The summed E-state index contributed by atoms with van der Waals surface area (Å²) in [6.45, 7) is 2.62. The van der Waals surface area contributed by atoms with Crippen molar-refractivity contribution in [2.45, 2.75) is 44.6 Å². The highest BCUT2D eigenvalue weighted by Crippen LogP contribution is 2.37. The van der Waals surface area contributed by atoms with Crippen molar-refractivity contribution >= 4 is 5.91 Å². The first-order valence-electron chi connectivity index (χ1n) is 10.1. The van der Waals surface area contributed by atoms with Crippen LogP contribution in [-0.4, -0.2) is 45.6 Å². The van der Waals surface area contributed by atoms with Gasteiger partial charge in [-0.3, -0.25) is 4.79 Å². The average Bonchev–Trinajstić information content (AvgIpc) is 3.37. The molecule has 0 aliphatic carbocycles. The molecule has 2 aliphatic rings. The van der Waals surface area contributed by atoms with Gasteiger partial charge in [-0.1, -0.05) is 11.2 Å². The smallest absolute Gasteiger partial charge is 0.254 e. The molecule has 0 spiro atoms. The number of carbonyl (C=O) groups is 1. The van der Waals surface area contributed by atoms with Crippen LogP contribution in [0.25, 0.3) is 11.5 Å². The molecule has 5 rings (SSSR count). The number of aryl methyl sites for hydroxylation is 1. The first-order chi connectivity index (χ1) is 14.1. The van der Waals surface area contributed by atoms with Gasteiger partial charge in [-0.2, -0.15) is 4.98 Å². The number of nitrogens with one attached hydrogen (secondary N) is 1. The van der Waals surface area contributed by atoms with Crippen molar-refractivity contribution in [3.05, 3.63) is 53.0 Å². The van der Waals surface area contributed by atoms with Crippen LogP contribution >= 0.6 is 0 Å². The summed E-state index contributed by atoms with van der Waals surface area (Å²) in [5, 5.41) is 4.14. The number of ether oxygens (including phenoxy) is 1. The Morgan fingerprint density at radius 2 is 2.17 bits per heavy atom. The van der Waals surface area contributed by atoms with Gasteiger partial charge in [0.1, 0.15) is 5.75 Å². The van der Waals surface area contributed by atoms with E-state index in [1.807, 2.05) is 42.3 Å².